The van der Waals surface area contributed by atoms with Gasteiger partial charge in [0.15, 0.2) is 17.5 Å². The number of nitrogens with zero attached hydrogens (tertiary/aromatic N) is 4. The summed E-state index contributed by atoms with van der Waals surface area (Å²) >= 11 is 3.70. The van der Waals surface area contributed by atoms with E-state index in [2.05, 4.69) is 132 Å². The van der Waals surface area contributed by atoms with Crippen molar-refractivity contribution in [3.8, 4) is 28.5 Å². The lowest BCUT2D eigenvalue weighted by Gasteiger charge is -2.12. The largest absolute Gasteiger partial charge is 0.309 e. The maximum absolute atomic E-state index is 5.15. The Labute approximate surface area is 301 Å². The first-order valence-electron chi connectivity index (χ1n) is 17.3. The van der Waals surface area contributed by atoms with Gasteiger partial charge in [-0.2, -0.15) is 0 Å². The highest BCUT2D eigenvalue weighted by Gasteiger charge is 2.20. The highest BCUT2D eigenvalue weighted by molar-refractivity contribution is 7.28. The maximum Gasteiger partial charge on any atom is 0.165 e. The van der Waals surface area contributed by atoms with Crippen LogP contribution in [-0.2, 0) is 0 Å². The molecule has 0 atom stereocenters. The summed E-state index contributed by atoms with van der Waals surface area (Å²) in [7, 11) is 0. The van der Waals surface area contributed by atoms with Crippen LogP contribution in [0.3, 0.4) is 0 Å². The third-order valence-corrected chi connectivity index (χ3v) is 12.5. The van der Waals surface area contributed by atoms with E-state index in [1.807, 2.05) is 40.9 Å². The van der Waals surface area contributed by atoms with Gasteiger partial charge < -0.3 is 4.57 Å². The highest BCUT2D eigenvalue weighted by Crippen LogP contribution is 2.47. The standard InChI is InChI=1S/C45H28N4S2/c1-3-12-27(13-4-1)43-46-44(28-14-5-2-6-15-28)48-45(47-43)33-19-11-18-32-40-39(51-42(32)33)25-24-38-41(40)34-26-29(22-23-37(34)50-38)49-35-20-9-7-16-30(35)31-17-8-10-21-36(31)49/h1-5,7-14,16-26H,6,15H2. The summed E-state index contributed by atoms with van der Waals surface area (Å²) in [5.41, 5.74) is 6.80. The van der Waals surface area contributed by atoms with Gasteiger partial charge in [-0.25, -0.2) is 15.0 Å². The smallest absolute Gasteiger partial charge is 0.165 e. The number of thiophene rings is 2. The van der Waals surface area contributed by atoms with Crippen LogP contribution in [0.25, 0.3) is 96.2 Å². The Bertz CT molecular complexity index is 3030. The third-order valence-electron chi connectivity index (χ3n) is 10.1. The average Bonchev–Trinajstić information content (AvgIpc) is 3.87. The second kappa shape index (κ2) is 11.3. The zero-order valence-corrected chi connectivity index (χ0v) is 29.0. The third kappa shape index (κ3) is 4.47. The van der Waals surface area contributed by atoms with Crippen molar-refractivity contribution < 1.29 is 0 Å². The minimum atomic E-state index is 0.702. The molecule has 0 unspecified atom stereocenters. The van der Waals surface area contributed by atoms with E-state index in [4.69, 9.17) is 15.0 Å². The number of benzene rings is 6. The van der Waals surface area contributed by atoms with Crippen molar-refractivity contribution >= 4 is 90.4 Å². The van der Waals surface area contributed by atoms with Gasteiger partial charge in [-0.05, 0) is 66.9 Å². The minimum absolute atomic E-state index is 0.702. The van der Waals surface area contributed by atoms with Crippen LogP contribution in [0.1, 0.15) is 18.7 Å². The molecule has 0 amide bonds. The van der Waals surface area contributed by atoms with Gasteiger partial charge in [0.25, 0.3) is 0 Å². The van der Waals surface area contributed by atoms with E-state index >= 15 is 0 Å². The van der Waals surface area contributed by atoms with Gasteiger partial charge in [-0.3, -0.25) is 0 Å². The molecule has 0 saturated carbocycles. The van der Waals surface area contributed by atoms with Crippen molar-refractivity contribution in [2.75, 3.05) is 0 Å². The van der Waals surface area contributed by atoms with Crippen LogP contribution < -0.4 is 0 Å². The van der Waals surface area contributed by atoms with Gasteiger partial charge in [-0.1, -0.05) is 97.1 Å². The SMILES string of the molecule is C1=CCCC(c2nc(-c3ccccc3)nc(-c3cccc4c3sc3ccc5sc6ccc(-n7c8ccccc8c8ccccc87)cc6c5c34)n2)=C1. The van der Waals surface area contributed by atoms with E-state index in [9.17, 15) is 0 Å². The molecule has 11 rings (SSSR count). The van der Waals surface area contributed by atoms with Crippen molar-refractivity contribution in [2.24, 2.45) is 0 Å². The molecule has 6 heteroatoms. The molecular weight excluding hydrogens is 661 g/mol. The fourth-order valence-corrected chi connectivity index (χ4v) is 10.1. The molecule has 0 saturated heterocycles. The second-order valence-electron chi connectivity index (χ2n) is 13.1. The van der Waals surface area contributed by atoms with Crippen molar-refractivity contribution in [1.29, 1.82) is 0 Å². The molecule has 1 aliphatic carbocycles. The molecule has 0 fully saturated rings. The fraction of sp³-hybridized carbons (Fsp3) is 0.0444. The number of fused-ring (bicyclic) bond motifs is 10. The summed E-state index contributed by atoms with van der Waals surface area (Å²) in [5, 5.41) is 7.70. The van der Waals surface area contributed by atoms with Crippen LogP contribution in [0, 0.1) is 0 Å². The molecule has 0 radical (unpaired) electrons. The average molecular weight is 689 g/mol. The molecule has 4 aromatic heterocycles. The van der Waals surface area contributed by atoms with Crippen LogP contribution in [0.2, 0.25) is 0 Å². The van der Waals surface area contributed by atoms with Gasteiger partial charge >= 0.3 is 0 Å². The van der Waals surface area contributed by atoms with E-state index in [-0.39, 0.29) is 0 Å². The molecule has 4 heterocycles. The lowest BCUT2D eigenvalue weighted by molar-refractivity contribution is 0.979. The molecule has 0 spiro atoms. The Hall–Kier alpha value is -5.95. The number of para-hydroxylation sites is 2. The molecular formula is C45H28N4S2. The summed E-state index contributed by atoms with van der Waals surface area (Å²) in [4.78, 5) is 15.3. The Morgan fingerprint density at radius 2 is 1.20 bits per heavy atom. The van der Waals surface area contributed by atoms with Crippen molar-refractivity contribution in [1.82, 2.24) is 19.5 Å². The van der Waals surface area contributed by atoms with Crippen LogP contribution in [0.5, 0.6) is 0 Å². The quantitative estimate of drug-likeness (QED) is 0.185. The van der Waals surface area contributed by atoms with E-state index < -0.39 is 0 Å². The van der Waals surface area contributed by atoms with E-state index in [0.29, 0.717) is 11.6 Å². The first-order chi connectivity index (χ1) is 25.3. The first kappa shape index (κ1) is 28.8. The molecule has 6 aromatic carbocycles. The lowest BCUT2D eigenvalue weighted by atomic mass is 10.0. The Morgan fingerprint density at radius 1 is 0.529 bits per heavy atom. The Balaban J connectivity index is 1.15. The Kier molecular flexibility index (Phi) is 6.38. The molecule has 0 bridgehead atoms. The summed E-state index contributed by atoms with van der Waals surface area (Å²) in [6.45, 7) is 0. The van der Waals surface area contributed by atoms with Crippen molar-refractivity contribution in [3.05, 3.63) is 151 Å². The topological polar surface area (TPSA) is 43.6 Å². The number of allylic oxidation sites excluding steroid dienone is 4. The molecule has 0 aliphatic heterocycles. The normalized spacial score (nSPS) is 13.4. The number of hydrogen-bond donors (Lipinski definition) is 0. The lowest BCUT2D eigenvalue weighted by Crippen LogP contribution is -2.03. The summed E-state index contributed by atoms with van der Waals surface area (Å²) in [6.07, 6.45) is 8.36. The van der Waals surface area contributed by atoms with Crippen molar-refractivity contribution in [3.63, 3.8) is 0 Å². The number of rotatable bonds is 4. The van der Waals surface area contributed by atoms with Crippen LogP contribution in [-0.4, -0.2) is 19.5 Å². The number of aromatic nitrogens is 4. The zero-order chi connectivity index (χ0) is 33.5. The van der Waals surface area contributed by atoms with Gasteiger partial charge in [0, 0.05) is 67.9 Å². The predicted molar refractivity (Wildman–Crippen MR) is 217 cm³/mol. The van der Waals surface area contributed by atoms with Gasteiger partial charge in [0.2, 0.25) is 0 Å². The van der Waals surface area contributed by atoms with E-state index in [0.717, 1.165) is 35.4 Å². The van der Waals surface area contributed by atoms with Crippen molar-refractivity contribution in [2.45, 2.75) is 12.8 Å². The summed E-state index contributed by atoms with van der Waals surface area (Å²) < 4.78 is 7.48. The zero-order valence-electron chi connectivity index (χ0n) is 27.4. The first-order valence-corrected chi connectivity index (χ1v) is 18.9. The maximum atomic E-state index is 5.15. The molecule has 1 aliphatic rings. The Morgan fingerprint density at radius 3 is 1.98 bits per heavy atom. The molecule has 0 N–H and O–H groups in total. The predicted octanol–water partition coefficient (Wildman–Crippen LogP) is 12.8. The van der Waals surface area contributed by atoms with Crippen LogP contribution in [0.4, 0.5) is 0 Å². The van der Waals surface area contributed by atoms with E-state index in [1.165, 1.54) is 67.8 Å². The van der Waals surface area contributed by atoms with Gasteiger partial charge in [0.05, 0.1) is 11.0 Å². The molecule has 240 valence electrons. The minimum Gasteiger partial charge on any atom is -0.309 e. The molecule has 4 nitrogen and oxygen atoms in total. The van der Waals surface area contributed by atoms with Crippen LogP contribution in [0.15, 0.2) is 146 Å². The highest BCUT2D eigenvalue weighted by atomic mass is 32.1. The van der Waals surface area contributed by atoms with Gasteiger partial charge in [0.1, 0.15) is 0 Å². The summed E-state index contributed by atoms with van der Waals surface area (Å²) in [6, 6.07) is 45.9. The fourth-order valence-electron chi connectivity index (χ4n) is 7.81. The molecule has 51 heavy (non-hydrogen) atoms. The van der Waals surface area contributed by atoms with E-state index in [1.54, 1.807) is 0 Å². The number of hydrogen-bond acceptors (Lipinski definition) is 5. The van der Waals surface area contributed by atoms with Crippen LogP contribution >= 0.6 is 22.7 Å². The van der Waals surface area contributed by atoms with Gasteiger partial charge in [-0.15, -0.1) is 22.7 Å². The monoisotopic (exact) mass is 688 g/mol. The molecule has 10 aromatic rings. The second-order valence-corrected chi connectivity index (χ2v) is 15.2. The summed E-state index contributed by atoms with van der Waals surface area (Å²) in [5.74, 6) is 2.17.